The summed E-state index contributed by atoms with van der Waals surface area (Å²) in [5, 5.41) is 10.6. The van der Waals surface area contributed by atoms with Crippen molar-refractivity contribution in [3.63, 3.8) is 0 Å². The molecule has 0 bridgehead atoms. The molecule has 0 amide bonds. The number of rotatable bonds is 5. The molecule has 1 aromatic carbocycles. The van der Waals surface area contributed by atoms with E-state index in [9.17, 15) is 0 Å². The number of guanidine groups is 1. The molecule has 2 aromatic rings. The second-order valence-electron chi connectivity index (χ2n) is 6.53. The lowest BCUT2D eigenvalue weighted by Crippen LogP contribution is -2.49. The van der Waals surface area contributed by atoms with Crippen LogP contribution in [0.5, 0.6) is 0 Å². The molecule has 6 heteroatoms. The van der Waals surface area contributed by atoms with Crippen molar-refractivity contribution in [2.75, 3.05) is 31.6 Å². The number of benzene rings is 1. The standard InChI is InChI=1S/C20H28N4S.HI/c1-16-6-3-4-7-17(16)9-12-22-20(21-2)23-18-10-13-24(14-11-18)19-8-5-15-25-19;/h3-8,15,18H,9-14H2,1-2H3,(H2,21,22,23);1H. The smallest absolute Gasteiger partial charge is 0.191 e. The van der Waals surface area contributed by atoms with E-state index in [4.69, 9.17) is 0 Å². The number of nitrogens with one attached hydrogen (secondary N) is 2. The molecule has 1 fully saturated rings. The van der Waals surface area contributed by atoms with Crippen molar-refractivity contribution in [2.45, 2.75) is 32.2 Å². The Morgan fingerprint density at radius 3 is 2.62 bits per heavy atom. The van der Waals surface area contributed by atoms with E-state index in [2.05, 4.69) is 69.2 Å². The van der Waals surface area contributed by atoms with Gasteiger partial charge in [0.05, 0.1) is 5.00 Å². The number of aryl methyl sites for hydroxylation is 1. The molecule has 1 saturated heterocycles. The van der Waals surface area contributed by atoms with Crippen LogP contribution in [-0.4, -0.2) is 38.7 Å². The van der Waals surface area contributed by atoms with E-state index >= 15 is 0 Å². The molecule has 2 N–H and O–H groups in total. The zero-order valence-corrected chi connectivity index (χ0v) is 18.7. The van der Waals surface area contributed by atoms with Gasteiger partial charge in [0, 0.05) is 32.7 Å². The first-order chi connectivity index (χ1) is 12.3. The summed E-state index contributed by atoms with van der Waals surface area (Å²) in [6.45, 7) is 5.29. The SMILES string of the molecule is CN=C(NCCc1ccccc1C)NC1CCN(c2cccs2)CC1.I. The van der Waals surface area contributed by atoms with Gasteiger partial charge in [-0.15, -0.1) is 35.3 Å². The number of halogens is 1. The van der Waals surface area contributed by atoms with Crippen LogP contribution in [-0.2, 0) is 6.42 Å². The summed E-state index contributed by atoms with van der Waals surface area (Å²) in [5.41, 5.74) is 2.75. The lowest BCUT2D eigenvalue weighted by molar-refractivity contribution is 0.463. The third-order valence-electron chi connectivity index (χ3n) is 4.83. The van der Waals surface area contributed by atoms with Crippen molar-refractivity contribution in [1.29, 1.82) is 0 Å². The number of anilines is 1. The first kappa shape index (κ1) is 21.0. The van der Waals surface area contributed by atoms with Crippen molar-refractivity contribution in [3.05, 3.63) is 52.9 Å². The van der Waals surface area contributed by atoms with E-state index in [0.29, 0.717) is 6.04 Å². The van der Waals surface area contributed by atoms with Gasteiger partial charge in [0.25, 0.3) is 0 Å². The van der Waals surface area contributed by atoms with Gasteiger partial charge in [-0.3, -0.25) is 4.99 Å². The maximum Gasteiger partial charge on any atom is 0.191 e. The molecule has 142 valence electrons. The maximum absolute atomic E-state index is 4.39. The summed E-state index contributed by atoms with van der Waals surface area (Å²) in [7, 11) is 1.85. The summed E-state index contributed by atoms with van der Waals surface area (Å²) in [6, 6.07) is 13.4. The first-order valence-corrected chi connectivity index (χ1v) is 9.94. The first-order valence-electron chi connectivity index (χ1n) is 9.06. The molecule has 1 aliphatic heterocycles. The fourth-order valence-electron chi connectivity index (χ4n) is 3.29. The Morgan fingerprint density at radius 2 is 1.96 bits per heavy atom. The van der Waals surface area contributed by atoms with E-state index in [-0.39, 0.29) is 24.0 Å². The number of aliphatic imine (C=N–C) groups is 1. The Hall–Kier alpha value is -1.28. The van der Waals surface area contributed by atoms with Crippen LogP contribution in [0.15, 0.2) is 46.8 Å². The number of piperidine rings is 1. The molecule has 0 atom stereocenters. The molecule has 0 unspecified atom stereocenters. The van der Waals surface area contributed by atoms with Crippen LogP contribution in [0.3, 0.4) is 0 Å². The molecule has 0 aliphatic carbocycles. The fourth-order valence-corrected chi connectivity index (χ4v) is 4.07. The summed E-state index contributed by atoms with van der Waals surface area (Å²) in [6.07, 6.45) is 3.32. The predicted octanol–water partition coefficient (Wildman–Crippen LogP) is 4.05. The van der Waals surface area contributed by atoms with Gasteiger partial charge in [-0.05, 0) is 54.8 Å². The average molecular weight is 484 g/mol. The molecule has 0 saturated carbocycles. The van der Waals surface area contributed by atoms with Crippen molar-refractivity contribution in [3.8, 4) is 0 Å². The topological polar surface area (TPSA) is 39.7 Å². The van der Waals surface area contributed by atoms with Crippen molar-refractivity contribution < 1.29 is 0 Å². The van der Waals surface area contributed by atoms with Crippen LogP contribution in [0.25, 0.3) is 0 Å². The quantitative estimate of drug-likeness (QED) is 0.382. The van der Waals surface area contributed by atoms with Gasteiger partial charge in [-0.25, -0.2) is 0 Å². The second kappa shape index (κ2) is 10.8. The Morgan fingerprint density at radius 1 is 1.19 bits per heavy atom. The monoisotopic (exact) mass is 484 g/mol. The van der Waals surface area contributed by atoms with Gasteiger partial charge in [0.2, 0.25) is 0 Å². The molecule has 1 aromatic heterocycles. The summed E-state index contributed by atoms with van der Waals surface area (Å²) in [5.74, 6) is 0.920. The lowest BCUT2D eigenvalue weighted by Gasteiger charge is -2.33. The normalized spacial score (nSPS) is 15.5. The zero-order valence-electron chi connectivity index (χ0n) is 15.6. The predicted molar refractivity (Wildman–Crippen MR) is 124 cm³/mol. The Labute approximate surface area is 178 Å². The van der Waals surface area contributed by atoms with Crippen molar-refractivity contribution in [1.82, 2.24) is 10.6 Å². The van der Waals surface area contributed by atoms with Crippen LogP contribution < -0.4 is 15.5 Å². The molecular weight excluding hydrogens is 455 g/mol. The Bertz CT molecular complexity index is 679. The van der Waals surface area contributed by atoms with E-state index in [0.717, 1.165) is 44.9 Å². The molecule has 0 spiro atoms. The van der Waals surface area contributed by atoms with Crippen molar-refractivity contribution >= 4 is 46.3 Å². The molecular formula is C20H29IN4S. The molecule has 2 heterocycles. The highest BCUT2D eigenvalue weighted by Crippen LogP contribution is 2.24. The minimum Gasteiger partial charge on any atom is -0.363 e. The summed E-state index contributed by atoms with van der Waals surface area (Å²) in [4.78, 5) is 6.87. The van der Waals surface area contributed by atoms with Gasteiger partial charge >= 0.3 is 0 Å². The Kier molecular flexibility index (Phi) is 8.71. The summed E-state index contributed by atoms with van der Waals surface area (Å²) < 4.78 is 0. The molecule has 4 nitrogen and oxygen atoms in total. The molecule has 1 aliphatic rings. The van der Waals surface area contributed by atoms with Gasteiger partial charge in [-0.1, -0.05) is 24.3 Å². The summed E-state index contributed by atoms with van der Waals surface area (Å²) >= 11 is 1.83. The van der Waals surface area contributed by atoms with Crippen LogP contribution in [0, 0.1) is 6.92 Å². The van der Waals surface area contributed by atoms with Crippen LogP contribution in [0.2, 0.25) is 0 Å². The number of hydrogen-bond acceptors (Lipinski definition) is 3. The molecule has 26 heavy (non-hydrogen) atoms. The number of nitrogens with zero attached hydrogens (tertiary/aromatic N) is 2. The third-order valence-corrected chi connectivity index (χ3v) is 5.75. The van der Waals surface area contributed by atoms with Crippen LogP contribution >= 0.6 is 35.3 Å². The minimum absolute atomic E-state index is 0. The van der Waals surface area contributed by atoms with Crippen LogP contribution in [0.1, 0.15) is 24.0 Å². The number of thiophene rings is 1. The van der Waals surface area contributed by atoms with E-state index < -0.39 is 0 Å². The van der Waals surface area contributed by atoms with Crippen LogP contribution in [0.4, 0.5) is 5.00 Å². The Balaban J connectivity index is 0.00000243. The highest BCUT2D eigenvalue weighted by atomic mass is 127. The van der Waals surface area contributed by atoms with E-state index in [1.807, 2.05) is 18.4 Å². The molecule has 0 radical (unpaired) electrons. The highest BCUT2D eigenvalue weighted by molar-refractivity contribution is 14.0. The third kappa shape index (κ3) is 5.87. The van der Waals surface area contributed by atoms with Crippen molar-refractivity contribution in [2.24, 2.45) is 4.99 Å². The maximum atomic E-state index is 4.39. The molecule has 3 rings (SSSR count). The fraction of sp³-hybridized carbons (Fsp3) is 0.450. The average Bonchev–Trinajstić information content (AvgIpc) is 3.17. The van der Waals surface area contributed by atoms with E-state index in [1.54, 1.807) is 0 Å². The van der Waals surface area contributed by atoms with Gasteiger partial charge in [0.15, 0.2) is 5.96 Å². The van der Waals surface area contributed by atoms with Gasteiger partial charge < -0.3 is 15.5 Å². The van der Waals surface area contributed by atoms with Gasteiger partial charge in [0.1, 0.15) is 0 Å². The zero-order chi connectivity index (χ0) is 17.5. The van der Waals surface area contributed by atoms with E-state index in [1.165, 1.54) is 16.1 Å². The number of hydrogen-bond donors (Lipinski definition) is 2. The lowest BCUT2D eigenvalue weighted by atomic mass is 10.1. The minimum atomic E-state index is 0. The van der Waals surface area contributed by atoms with Gasteiger partial charge in [-0.2, -0.15) is 0 Å². The highest BCUT2D eigenvalue weighted by Gasteiger charge is 2.20. The second-order valence-corrected chi connectivity index (χ2v) is 7.46. The largest absolute Gasteiger partial charge is 0.363 e.